The number of benzene rings is 1. The van der Waals surface area contributed by atoms with Gasteiger partial charge < -0.3 is 10.2 Å². The normalized spacial score (nSPS) is 16.4. The number of rotatable bonds is 10. The summed E-state index contributed by atoms with van der Waals surface area (Å²) in [5.74, 6) is -0.426. The first-order chi connectivity index (χ1) is 14.9. The van der Waals surface area contributed by atoms with E-state index in [1.165, 1.54) is 5.69 Å². The number of hydrogen-bond acceptors (Lipinski definition) is 6. The number of nitrogens with zero attached hydrogens (tertiary/aromatic N) is 2. The summed E-state index contributed by atoms with van der Waals surface area (Å²) in [5.41, 5.74) is 1.26. The third-order valence-corrected chi connectivity index (χ3v) is 8.27. The fourth-order valence-electron chi connectivity index (χ4n) is 3.63. The van der Waals surface area contributed by atoms with Crippen LogP contribution in [-0.2, 0) is 14.8 Å². The number of carbonyl (C=O) groups excluding carboxylic acids is 1. The highest BCUT2D eigenvalue weighted by Crippen LogP contribution is 2.18. The number of sulfonamides is 1. The van der Waals surface area contributed by atoms with Gasteiger partial charge in [0.1, 0.15) is 10.3 Å². The number of thiophene rings is 1. The van der Waals surface area contributed by atoms with Crippen LogP contribution in [0.4, 0.5) is 5.69 Å². The van der Waals surface area contributed by atoms with E-state index in [4.69, 9.17) is 0 Å². The third-order valence-electron chi connectivity index (χ3n) is 5.44. The molecular weight excluding hydrogens is 432 g/mol. The zero-order valence-corrected chi connectivity index (χ0v) is 19.8. The smallest absolute Gasteiger partial charge is 0.250 e. The predicted octanol–water partition coefficient (Wildman–Crippen LogP) is 2.38. The molecule has 0 bridgehead atoms. The van der Waals surface area contributed by atoms with E-state index in [2.05, 4.69) is 44.1 Å². The lowest BCUT2D eigenvalue weighted by atomic mass is 10.1. The van der Waals surface area contributed by atoms with E-state index in [-0.39, 0.29) is 16.0 Å². The lowest BCUT2D eigenvalue weighted by Gasteiger charge is -2.36. The van der Waals surface area contributed by atoms with Gasteiger partial charge in [-0.1, -0.05) is 38.1 Å². The van der Waals surface area contributed by atoms with Crippen molar-refractivity contribution in [1.82, 2.24) is 14.9 Å². The summed E-state index contributed by atoms with van der Waals surface area (Å²) < 4.78 is 27.8. The Morgan fingerprint density at radius 2 is 1.77 bits per heavy atom. The van der Waals surface area contributed by atoms with Gasteiger partial charge in [0.15, 0.2) is 0 Å². The van der Waals surface area contributed by atoms with E-state index in [0.717, 1.165) is 50.5 Å². The Bertz CT molecular complexity index is 909. The van der Waals surface area contributed by atoms with E-state index in [1.807, 2.05) is 19.9 Å². The molecule has 2 heterocycles. The van der Waals surface area contributed by atoms with Gasteiger partial charge in [-0.05, 0) is 42.5 Å². The maximum absolute atomic E-state index is 12.6. The van der Waals surface area contributed by atoms with Crippen molar-refractivity contribution in [2.75, 3.05) is 44.2 Å². The van der Waals surface area contributed by atoms with Crippen molar-refractivity contribution in [2.24, 2.45) is 5.92 Å². The summed E-state index contributed by atoms with van der Waals surface area (Å²) in [7, 11) is -3.69. The van der Waals surface area contributed by atoms with Crippen LogP contribution in [0.15, 0.2) is 52.1 Å². The molecule has 1 fully saturated rings. The van der Waals surface area contributed by atoms with Crippen LogP contribution < -0.4 is 14.9 Å². The van der Waals surface area contributed by atoms with Gasteiger partial charge >= 0.3 is 0 Å². The first kappa shape index (κ1) is 23.7. The Hall–Kier alpha value is -1.94. The molecule has 0 radical (unpaired) electrons. The molecule has 1 aromatic carbocycles. The van der Waals surface area contributed by atoms with Gasteiger partial charge in [0, 0.05) is 38.4 Å². The summed E-state index contributed by atoms with van der Waals surface area (Å²) in [5, 5.41) is 4.61. The van der Waals surface area contributed by atoms with Gasteiger partial charge in [0.25, 0.3) is 10.0 Å². The van der Waals surface area contributed by atoms with Crippen molar-refractivity contribution in [3.63, 3.8) is 0 Å². The molecule has 1 atom stereocenters. The Morgan fingerprint density at radius 3 is 2.39 bits per heavy atom. The van der Waals surface area contributed by atoms with Crippen LogP contribution in [0.2, 0.25) is 0 Å². The molecule has 3 rings (SSSR count). The van der Waals surface area contributed by atoms with Gasteiger partial charge in [-0.25, -0.2) is 8.42 Å². The molecule has 31 heavy (non-hydrogen) atoms. The molecule has 1 aliphatic heterocycles. The van der Waals surface area contributed by atoms with Crippen molar-refractivity contribution in [1.29, 1.82) is 0 Å². The molecule has 0 spiro atoms. The molecule has 2 N–H and O–H groups in total. The molecule has 0 aliphatic carbocycles. The highest BCUT2D eigenvalue weighted by Gasteiger charge is 2.28. The van der Waals surface area contributed by atoms with Crippen molar-refractivity contribution in [3.8, 4) is 0 Å². The Balaban J connectivity index is 1.40. The van der Waals surface area contributed by atoms with E-state index in [9.17, 15) is 13.2 Å². The maximum Gasteiger partial charge on any atom is 0.250 e. The summed E-state index contributed by atoms with van der Waals surface area (Å²) >= 11 is 1.14. The zero-order chi connectivity index (χ0) is 22.3. The third kappa shape index (κ3) is 6.77. The minimum atomic E-state index is -3.69. The van der Waals surface area contributed by atoms with Gasteiger partial charge in [0.05, 0.1) is 0 Å². The molecule has 0 unspecified atom stereocenters. The molecule has 7 nitrogen and oxygen atoms in total. The second kappa shape index (κ2) is 11.1. The monoisotopic (exact) mass is 464 g/mol. The fourth-order valence-corrected chi connectivity index (χ4v) is 5.98. The number of anilines is 1. The minimum Gasteiger partial charge on any atom is -0.369 e. The molecule has 1 aromatic heterocycles. The highest BCUT2D eigenvalue weighted by molar-refractivity contribution is 7.91. The van der Waals surface area contributed by atoms with E-state index >= 15 is 0 Å². The average molecular weight is 465 g/mol. The van der Waals surface area contributed by atoms with Gasteiger partial charge in [0.2, 0.25) is 5.91 Å². The number of nitrogens with one attached hydrogen (secondary N) is 2. The second-order valence-electron chi connectivity index (χ2n) is 8.08. The van der Waals surface area contributed by atoms with Crippen LogP contribution in [0.25, 0.3) is 0 Å². The van der Waals surface area contributed by atoms with Crippen LogP contribution in [0.5, 0.6) is 0 Å². The Kier molecular flexibility index (Phi) is 8.48. The summed E-state index contributed by atoms with van der Waals surface area (Å²) in [6.45, 7) is 9.11. The fraction of sp³-hybridized carbons (Fsp3) is 0.500. The first-order valence-corrected chi connectivity index (χ1v) is 13.1. The lowest BCUT2D eigenvalue weighted by Crippen LogP contribution is -2.50. The number of hydrogen-bond donors (Lipinski definition) is 2. The summed E-state index contributed by atoms with van der Waals surface area (Å²) in [4.78, 5) is 17.4. The van der Waals surface area contributed by atoms with Crippen molar-refractivity contribution >= 4 is 33.0 Å². The number of carbonyl (C=O) groups is 1. The average Bonchev–Trinajstić information content (AvgIpc) is 3.32. The van der Waals surface area contributed by atoms with Crippen molar-refractivity contribution in [3.05, 3.63) is 47.8 Å². The van der Waals surface area contributed by atoms with E-state index < -0.39 is 16.1 Å². The molecule has 1 saturated heterocycles. The largest absolute Gasteiger partial charge is 0.369 e. The van der Waals surface area contributed by atoms with Crippen LogP contribution in [0.1, 0.15) is 20.3 Å². The maximum atomic E-state index is 12.6. The number of piperazine rings is 1. The van der Waals surface area contributed by atoms with Gasteiger partial charge in [-0.3, -0.25) is 9.69 Å². The van der Waals surface area contributed by atoms with Crippen LogP contribution in [0.3, 0.4) is 0 Å². The number of para-hydroxylation sites is 1. The SMILES string of the molecule is CC(C)[C@@H](NS(=O)(=O)c1cccs1)C(=O)NCCCN1CCN(c2ccccc2)CC1. The lowest BCUT2D eigenvalue weighted by molar-refractivity contribution is -0.123. The molecule has 2 aromatic rings. The van der Waals surface area contributed by atoms with E-state index in [0.29, 0.717) is 6.54 Å². The Morgan fingerprint density at radius 1 is 1.06 bits per heavy atom. The van der Waals surface area contributed by atoms with Gasteiger partial charge in [-0.2, -0.15) is 4.72 Å². The summed E-state index contributed by atoms with van der Waals surface area (Å²) in [6.07, 6.45) is 0.833. The molecule has 9 heteroatoms. The molecular formula is C22H32N4O3S2. The predicted molar refractivity (Wildman–Crippen MR) is 126 cm³/mol. The molecule has 0 saturated carbocycles. The van der Waals surface area contributed by atoms with E-state index in [1.54, 1.807) is 17.5 Å². The number of amides is 1. The van der Waals surface area contributed by atoms with Crippen LogP contribution in [-0.4, -0.2) is 64.5 Å². The standard InChI is InChI=1S/C22H32N4O3S2/c1-18(2)21(24-31(28,29)20-10-6-17-30-20)22(27)23-11-7-12-25-13-15-26(16-14-25)19-8-4-3-5-9-19/h3-6,8-10,17-18,21,24H,7,11-16H2,1-2H3,(H,23,27)/t21-/m1/s1. The first-order valence-electron chi connectivity index (χ1n) is 10.7. The van der Waals surface area contributed by atoms with Crippen LogP contribution in [0, 0.1) is 5.92 Å². The Labute approximate surface area is 189 Å². The molecule has 170 valence electrons. The minimum absolute atomic E-state index is 0.152. The molecule has 1 aliphatic rings. The topological polar surface area (TPSA) is 81.7 Å². The van der Waals surface area contributed by atoms with Crippen molar-refractivity contribution < 1.29 is 13.2 Å². The summed E-state index contributed by atoms with van der Waals surface area (Å²) in [6, 6.07) is 12.9. The zero-order valence-electron chi connectivity index (χ0n) is 18.2. The quantitative estimate of drug-likeness (QED) is 0.528. The highest BCUT2D eigenvalue weighted by atomic mass is 32.2. The van der Waals surface area contributed by atoms with Crippen molar-refractivity contribution in [2.45, 2.75) is 30.5 Å². The molecule has 1 amide bonds. The second-order valence-corrected chi connectivity index (χ2v) is 11.0. The van der Waals surface area contributed by atoms with Crippen LogP contribution >= 0.6 is 11.3 Å². The van der Waals surface area contributed by atoms with Gasteiger partial charge in [-0.15, -0.1) is 11.3 Å².